The highest BCUT2D eigenvalue weighted by Gasteiger charge is 2.36. The van der Waals surface area contributed by atoms with Gasteiger partial charge in [-0.1, -0.05) is 30.3 Å². The van der Waals surface area contributed by atoms with Crippen LogP contribution in [0.1, 0.15) is 12.0 Å². The molecule has 0 radical (unpaired) electrons. The average molecular weight is 250 g/mol. The molecule has 0 unspecified atom stereocenters. The molecule has 0 bridgehead atoms. The van der Waals surface area contributed by atoms with Gasteiger partial charge in [0.2, 0.25) is 5.91 Å². The molecule has 0 spiro atoms. The first-order valence-electron chi connectivity index (χ1n) is 5.27. The molecule has 0 fully saturated rings. The highest BCUT2D eigenvalue weighted by atomic mass is 16.4. The van der Waals surface area contributed by atoms with Crippen molar-refractivity contribution in [3.63, 3.8) is 0 Å². The first-order chi connectivity index (χ1) is 8.48. The lowest BCUT2D eigenvalue weighted by Gasteiger charge is -2.19. The second kappa shape index (κ2) is 5.92. The number of nitrogens with one attached hydrogen (secondary N) is 1. The van der Waals surface area contributed by atoms with Gasteiger partial charge in [0.15, 0.2) is 5.54 Å². The van der Waals surface area contributed by atoms with Crippen LogP contribution in [0.2, 0.25) is 0 Å². The summed E-state index contributed by atoms with van der Waals surface area (Å²) in [5, 5.41) is 11.0. The van der Waals surface area contributed by atoms with Gasteiger partial charge in [-0.3, -0.25) is 9.59 Å². The molecular weight excluding hydrogens is 236 g/mol. The number of hydrogen-bond acceptors (Lipinski definition) is 4. The Balaban J connectivity index is 2.63. The lowest BCUT2D eigenvalue weighted by Crippen LogP contribution is -2.56. The molecule has 0 aromatic heterocycles. The van der Waals surface area contributed by atoms with E-state index in [4.69, 9.17) is 10.8 Å². The number of aldehydes is 1. The number of amides is 1. The molecule has 0 aliphatic heterocycles. The van der Waals surface area contributed by atoms with E-state index in [1.165, 1.54) is 0 Å². The third-order valence-corrected chi connectivity index (χ3v) is 2.37. The number of nitrogens with two attached hydrogens (primary N) is 1. The van der Waals surface area contributed by atoms with Gasteiger partial charge in [-0.15, -0.1) is 0 Å². The van der Waals surface area contributed by atoms with Crippen LogP contribution in [0.3, 0.4) is 0 Å². The molecule has 6 nitrogen and oxygen atoms in total. The van der Waals surface area contributed by atoms with Crippen molar-refractivity contribution < 1.29 is 19.5 Å². The molecule has 0 aliphatic carbocycles. The smallest absolute Gasteiger partial charge is 0.306 e. The van der Waals surface area contributed by atoms with Crippen molar-refractivity contribution in [2.75, 3.05) is 0 Å². The zero-order valence-electron chi connectivity index (χ0n) is 9.63. The number of carboxylic acid groups (broad SMARTS) is 1. The van der Waals surface area contributed by atoms with Crippen molar-refractivity contribution >= 4 is 18.2 Å². The lowest BCUT2D eigenvalue weighted by atomic mass is 9.97. The Bertz CT molecular complexity index is 447. The van der Waals surface area contributed by atoms with Gasteiger partial charge in [0.25, 0.3) is 0 Å². The van der Waals surface area contributed by atoms with Gasteiger partial charge in [-0.25, -0.2) is 0 Å². The van der Waals surface area contributed by atoms with Gasteiger partial charge in [-0.05, 0) is 5.56 Å². The van der Waals surface area contributed by atoms with E-state index in [1.807, 2.05) is 6.07 Å². The van der Waals surface area contributed by atoms with Crippen molar-refractivity contribution in [2.24, 2.45) is 5.73 Å². The van der Waals surface area contributed by atoms with Crippen LogP contribution >= 0.6 is 0 Å². The van der Waals surface area contributed by atoms with E-state index in [0.29, 0.717) is 0 Å². The van der Waals surface area contributed by atoms with Gasteiger partial charge >= 0.3 is 5.97 Å². The SMILES string of the molecule is N[C@@](C=O)(CC(=O)O)C(=O)NCc1ccccc1. The molecule has 0 heterocycles. The first-order valence-corrected chi connectivity index (χ1v) is 5.27. The van der Waals surface area contributed by atoms with E-state index in [1.54, 1.807) is 24.3 Å². The lowest BCUT2D eigenvalue weighted by molar-refractivity contribution is -0.144. The average Bonchev–Trinajstić information content (AvgIpc) is 2.36. The number of aliphatic carboxylic acids is 1. The Morgan fingerprint density at radius 3 is 2.44 bits per heavy atom. The summed E-state index contributed by atoms with van der Waals surface area (Å²) in [7, 11) is 0. The predicted octanol–water partition coefficient (Wildman–Crippen LogP) is -0.326. The predicted molar refractivity (Wildman–Crippen MR) is 63.5 cm³/mol. The quantitative estimate of drug-likeness (QED) is 0.473. The van der Waals surface area contributed by atoms with Crippen molar-refractivity contribution in [1.29, 1.82) is 0 Å². The fraction of sp³-hybridized carbons (Fsp3) is 0.250. The Labute approximate surface area is 104 Å². The number of carboxylic acids is 1. The molecule has 1 amide bonds. The van der Waals surface area contributed by atoms with E-state index < -0.39 is 23.8 Å². The van der Waals surface area contributed by atoms with Crippen LogP contribution in [0.5, 0.6) is 0 Å². The molecule has 1 aromatic carbocycles. The second-order valence-electron chi connectivity index (χ2n) is 3.90. The van der Waals surface area contributed by atoms with Crippen LogP contribution in [0.15, 0.2) is 30.3 Å². The number of carbonyl (C=O) groups excluding carboxylic acids is 2. The summed E-state index contributed by atoms with van der Waals surface area (Å²) in [5.74, 6) is -2.11. The fourth-order valence-corrected chi connectivity index (χ4v) is 1.37. The third kappa shape index (κ3) is 3.67. The molecule has 4 N–H and O–H groups in total. The summed E-state index contributed by atoms with van der Waals surface area (Å²) in [5.41, 5.74) is 4.25. The van der Waals surface area contributed by atoms with Crippen LogP contribution in [0.4, 0.5) is 0 Å². The number of benzene rings is 1. The molecule has 0 saturated heterocycles. The van der Waals surface area contributed by atoms with Gasteiger partial charge in [0, 0.05) is 6.54 Å². The zero-order valence-corrected chi connectivity index (χ0v) is 9.63. The van der Waals surface area contributed by atoms with Crippen LogP contribution in [-0.4, -0.2) is 28.8 Å². The van der Waals surface area contributed by atoms with E-state index in [2.05, 4.69) is 5.32 Å². The summed E-state index contributed by atoms with van der Waals surface area (Å²) in [6.07, 6.45) is -0.585. The second-order valence-corrected chi connectivity index (χ2v) is 3.90. The monoisotopic (exact) mass is 250 g/mol. The number of rotatable bonds is 6. The summed E-state index contributed by atoms with van der Waals surface area (Å²) in [4.78, 5) is 33.0. The zero-order chi connectivity index (χ0) is 13.6. The Morgan fingerprint density at radius 2 is 1.94 bits per heavy atom. The molecule has 0 aliphatic rings. The largest absolute Gasteiger partial charge is 0.481 e. The fourth-order valence-electron chi connectivity index (χ4n) is 1.37. The molecule has 96 valence electrons. The highest BCUT2D eigenvalue weighted by Crippen LogP contribution is 2.05. The maximum atomic E-state index is 11.7. The minimum atomic E-state index is -2.03. The first kappa shape index (κ1) is 13.9. The molecule has 6 heteroatoms. The van der Waals surface area contributed by atoms with Gasteiger partial charge in [0.05, 0.1) is 6.42 Å². The Hall–Kier alpha value is -2.21. The molecule has 18 heavy (non-hydrogen) atoms. The van der Waals surface area contributed by atoms with Gasteiger partial charge in [0.1, 0.15) is 6.29 Å². The number of hydrogen-bond donors (Lipinski definition) is 3. The normalized spacial score (nSPS) is 13.4. The minimum absolute atomic E-state index is 0.154. The Kier molecular flexibility index (Phi) is 4.56. The molecule has 1 rings (SSSR count). The van der Waals surface area contributed by atoms with Crippen molar-refractivity contribution in [2.45, 2.75) is 18.5 Å². The highest BCUT2D eigenvalue weighted by molar-refractivity contribution is 6.04. The third-order valence-electron chi connectivity index (χ3n) is 2.37. The van der Waals surface area contributed by atoms with E-state index in [-0.39, 0.29) is 12.8 Å². The summed E-state index contributed by atoms with van der Waals surface area (Å²) in [6.45, 7) is 0.187. The minimum Gasteiger partial charge on any atom is -0.481 e. The van der Waals surface area contributed by atoms with Crippen molar-refractivity contribution in [1.82, 2.24) is 5.32 Å². The summed E-state index contributed by atoms with van der Waals surface area (Å²) in [6, 6.07) is 9.00. The molecule has 0 saturated carbocycles. The van der Waals surface area contributed by atoms with E-state index >= 15 is 0 Å². The van der Waals surface area contributed by atoms with Crippen LogP contribution in [0.25, 0.3) is 0 Å². The molecule has 1 atom stereocenters. The van der Waals surface area contributed by atoms with E-state index in [0.717, 1.165) is 5.56 Å². The van der Waals surface area contributed by atoms with Crippen LogP contribution in [0, 0.1) is 0 Å². The summed E-state index contributed by atoms with van der Waals surface area (Å²) >= 11 is 0. The maximum Gasteiger partial charge on any atom is 0.306 e. The maximum absolute atomic E-state index is 11.7. The van der Waals surface area contributed by atoms with Crippen LogP contribution in [-0.2, 0) is 20.9 Å². The van der Waals surface area contributed by atoms with Crippen LogP contribution < -0.4 is 11.1 Å². The molecular formula is C12H14N2O4. The topological polar surface area (TPSA) is 109 Å². The standard InChI is InChI=1S/C12H14N2O4/c13-12(8-15,6-10(16)17)11(18)14-7-9-4-2-1-3-5-9/h1-5,8H,6-7,13H2,(H,14,18)(H,16,17)/t12-/m1/s1. The van der Waals surface area contributed by atoms with E-state index in [9.17, 15) is 14.4 Å². The van der Waals surface area contributed by atoms with Gasteiger partial charge < -0.3 is 21.0 Å². The summed E-state index contributed by atoms with van der Waals surface area (Å²) < 4.78 is 0. The Morgan fingerprint density at radius 1 is 1.33 bits per heavy atom. The molecule has 1 aromatic rings. The van der Waals surface area contributed by atoms with Gasteiger partial charge in [-0.2, -0.15) is 0 Å². The van der Waals surface area contributed by atoms with Crippen molar-refractivity contribution in [3.8, 4) is 0 Å². The number of carbonyl (C=O) groups is 3. The van der Waals surface area contributed by atoms with Crippen molar-refractivity contribution in [3.05, 3.63) is 35.9 Å².